The van der Waals surface area contributed by atoms with Gasteiger partial charge >= 0.3 is 0 Å². The third-order valence-electron chi connectivity index (χ3n) is 6.94. The molecule has 0 unspecified atom stereocenters. The minimum atomic E-state index is -1.51. The second-order valence-electron chi connectivity index (χ2n) is 11.2. The predicted octanol–water partition coefficient (Wildman–Crippen LogP) is -4.20. The molecule has 1 radical (unpaired) electrons. The van der Waals surface area contributed by atoms with Gasteiger partial charge in [-0.05, 0) is 77.0 Å². The van der Waals surface area contributed by atoms with E-state index in [2.05, 4.69) is 44.5 Å². The van der Waals surface area contributed by atoms with Gasteiger partial charge in [-0.25, -0.2) is 0 Å². The van der Waals surface area contributed by atoms with Crippen molar-refractivity contribution in [2.45, 2.75) is 94.5 Å². The maximum Gasteiger partial charge on any atom is 0.244 e. The largest absolute Gasteiger partial charge is 0.370 e. The van der Waals surface area contributed by atoms with E-state index in [-0.39, 0.29) is 18.6 Å². The van der Waals surface area contributed by atoms with E-state index in [4.69, 9.17) is 22.9 Å². The molecule has 0 saturated heterocycles. The van der Waals surface area contributed by atoms with E-state index >= 15 is 0 Å². The molecule has 0 aromatic rings. The standard InChI is InChI=1S/C29H53N10O8S2/c1-17(32)25(43)36-19(8-4-6-11-31)27(45)39-22(16-48)29(47)37-20(9-12-49-2)28(46)38-21(13-23(33)41)26(44)34-14-24(42)35-18(15-40)7-3-5-10-30/h17-22,48H,3-14,16,30-32H2,1-2H3,(H2,33,41)(H,34,44)(H,35,42)(H,36,43)(H,37,47)(H,38,46)(H,39,45)/t17-,18-,19-,20-,21-,22-/m0/s1. The molecule has 0 aromatic carbocycles. The minimum absolute atomic E-state index is 0.0964. The van der Waals surface area contributed by atoms with Crippen LogP contribution in [0.3, 0.4) is 0 Å². The maximum absolute atomic E-state index is 13.3. The predicted molar refractivity (Wildman–Crippen MR) is 188 cm³/mol. The van der Waals surface area contributed by atoms with Crippen molar-refractivity contribution >= 4 is 72.0 Å². The van der Waals surface area contributed by atoms with Crippen LogP contribution in [0.1, 0.15) is 58.3 Å². The first-order chi connectivity index (χ1) is 23.2. The number of nitrogens with two attached hydrogens (primary N) is 4. The van der Waals surface area contributed by atoms with Crippen molar-refractivity contribution in [2.75, 3.05) is 37.4 Å². The van der Waals surface area contributed by atoms with Gasteiger partial charge < -0.3 is 54.8 Å². The number of unbranched alkanes of at least 4 members (excludes halogenated alkanes) is 2. The van der Waals surface area contributed by atoms with Gasteiger partial charge in [-0.15, -0.1) is 0 Å². The van der Waals surface area contributed by atoms with Gasteiger partial charge in [-0.3, -0.25) is 38.4 Å². The number of hydrogen-bond acceptors (Lipinski definition) is 13. The van der Waals surface area contributed by atoms with Gasteiger partial charge in [0.25, 0.3) is 0 Å². The second kappa shape index (κ2) is 26.4. The van der Waals surface area contributed by atoms with Gasteiger partial charge in [0, 0.05) is 5.75 Å². The molecule has 0 heterocycles. The SMILES string of the molecule is CSCC[C@H](NC(=O)[C@H](CS)NC(=O)[C@H](CCCCN)NC(=O)[C@H](C)N)C(=O)N[C@@H](CC(N)=O)C(=O)NCC(=O)N[C@H]([C]=O)CCCCN. The van der Waals surface area contributed by atoms with Crippen LogP contribution in [-0.2, 0) is 38.4 Å². The smallest absolute Gasteiger partial charge is 0.244 e. The van der Waals surface area contributed by atoms with Gasteiger partial charge in [-0.2, -0.15) is 24.4 Å². The van der Waals surface area contributed by atoms with E-state index in [1.165, 1.54) is 18.7 Å². The fraction of sp³-hybridized carbons (Fsp3) is 0.724. The first-order valence-corrected chi connectivity index (χ1v) is 18.0. The van der Waals surface area contributed by atoms with Crippen molar-refractivity contribution in [3.8, 4) is 0 Å². The Balaban J connectivity index is 5.64. The number of hydrogen-bond donors (Lipinski definition) is 11. The quantitative estimate of drug-likeness (QED) is 0.0283. The molecule has 0 rings (SSSR count). The van der Waals surface area contributed by atoms with Crippen molar-refractivity contribution in [3.63, 3.8) is 0 Å². The molecule has 0 aromatic heterocycles. The highest BCUT2D eigenvalue weighted by molar-refractivity contribution is 7.98. The molecule has 49 heavy (non-hydrogen) atoms. The molecule has 14 N–H and O–H groups in total. The Labute approximate surface area is 296 Å². The second-order valence-corrected chi connectivity index (χ2v) is 12.5. The molecule has 0 spiro atoms. The number of carbonyl (C=O) groups is 7. The number of thiol groups is 1. The molecule has 0 aliphatic heterocycles. The molecule has 279 valence electrons. The molecular formula is C29H53N10O8S2. The number of carbonyl (C=O) groups excluding carboxylic acids is 8. The molecule has 6 atom stereocenters. The number of primary amides is 1. The number of thioether (sulfide) groups is 1. The number of rotatable bonds is 27. The Bertz CT molecular complexity index is 1100. The summed E-state index contributed by atoms with van der Waals surface area (Å²) >= 11 is 5.54. The van der Waals surface area contributed by atoms with Crippen molar-refractivity contribution in [1.29, 1.82) is 0 Å². The third kappa shape index (κ3) is 20.0. The lowest BCUT2D eigenvalue weighted by Crippen LogP contribution is -2.59. The summed E-state index contributed by atoms with van der Waals surface area (Å²) in [6.07, 6.45) is 5.82. The van der Waals surface area contributed by atoms with Gasteiger partial charge in [0.1, 0.15) is 24.2 Å². The van der Waals surface area contributed by atoms with Gasteiger partial charge in [0.2, 0.25) is 47.6 Å². The van der Waals surface area contributed by atoms with E-state index in [1.807, 2.05) is 0 Å². The highest BCUT2D eigenvalue weighted by Gasteiger charge is 2.31. The summed E-state index contributed by atoms with van der Waals surface area (Å²) in [5.74, 6) is -5.16. The van der Waals surface area contributed by atoms with Gasteiger partial charge in [-0.1, -0.05) is 0 Å². The average molecular weight is 734 g/mol. The third-order valence-corrected chi connectivity index (χ3v) is 7.95. The highest BCUT2D eigenvalue weighted by Crippen LogP contribution is 2.06. The van der Waals surface area contributed by atoms with Crippen molar-refractivity contribution in [3.05, 3.63) is 0 Å². The normalized spacial score (nSPS) is 14.5. The Morgan fingerprint density at radius 1 is 0.714 bits per heavy atom. The summed E-state index contributed by atoms with van der Waals surface area (Å²) in [6, 6.07) is -6.75. The Kier molecular flexibility index (Phi) is 24.5. The zero-order valence-corrected chi connectivity index (χ0v) is 29.8. The van der Waals surface area contributed by atoms with Crippen molar-refractivity contribution in [1.82, 2.24) is 31.9 Å². The van der Waals surface area contributed by atoms with Crippen LogP contribution in [0, 0.1) is 0 Å². The number of nitrogens with one attached hydrogen (secondary N) is 6. The van der Waals surface area contributed by atoms with E-state index in [0.29, 0.717) is 50.9 Å². The molecule has 0 bridgehead atoms. The maximum atomic E-state index is 13.3. The van der Waals surface area contributed by atoms with Gasteiger partial charge in [0.05, 0.1) is 25.0 Å². The Hall–Kier alpha value is -3.46. The molecule has 0 saturated carbocycles. The van der Waals surface area contributed by atoms with Crippen LogP contribution < -0.4 is 54.8 Å². The van der Waals surface area contributed by atoms with Crippen LogP contribution in [0.5, 0.6) is 0 Å². The summed E-state index contributed by atoms with van der Waals surface area (Å²) in [5.41, 5.74) is 21.9. The average Bonchev–Trinajstić information content (AvgIpc) is 3.06. The van der Waals surface area contributed by atoms with E-state index in [0.717, 1.165) is 0 Å². The van der Waals surface area contributed by atoms with Crippen LogP contribution in [-0.4, -0.2) is 121 Å². The minimum Gasteiger partial charge on any atom is -0.370 e. The molecular weight excluding hydrogens is 681 g/mol. The zero-order valence-electron chi connectivity index (χ0n) is 28.1. The van der Waals surface area contributed by atoms with Crippen LogP contribution in [0.25, 0.3) is 0 Å². The van der Waals surface area contributed by atoms with Crippen LogP contribution in [0.4, 0.5) is 0 Å². The number of amides is 7. The van der Waals surface area contributed by atoms with E-state index < -0.39 is 90.6 Å². The Morgan fingerprint density at radius 3 is 1.73 bits per heavy atom. The summed E-state index contributed by atoms with van der Waals surface area (Å²) in [4.78, 5) is 100.0. The molecule has 18 nitrogen and oxygen atoms in total. The topological polar surface area (TPSA) is 313 Å². The summed E-state index contributed by atoms with van der Waals surface area (Å²) < 4.78 is 0. The first-order valence-electron chi connectivity index (χ1n) is 15.9. The van der Waals surface area contributed by atoms with E-state index in [1.54, 1.807) is 12.5 Å². The van der Waals surface area contributed by atoms with Crippen LogP contribution in [0.2, 0.25) is 0 Å². The summed E-state index contributed by atoms with van der Waals surface area (Å²) in [5, 5.41) is 14.7. The molecule has 7 amide bonds. The fourth-order valence-electron chi connectivity index (χ4n) is 4.18. The zero-order chi connectivity index (χ0) is 37.4. The van der Waals surface area contributed by atoms with Crippen LogP contribution in [0.15, 0.2) is 0 Å². The summed E-state index contributed by atoms with van der Waals surface area (Å²) in [6.45, 7) is 1.68. The van der Waals surface area contributed by atoms with Crippen molar-refractivity contribution < 1.29 is 38.4 Å². The molecule has 20 heteroatoms. The lowest BCUT2D eigenvalue weighted by atomic mass is 10.1. The van der Waals surface area contributed by atoms with Crippen molar-refractivity contribution in [2.24, 2.45) is 22.9 Å². The lowest BCUT2D eigenvalue weighted by molar-refractivity contribution is -0.135. The van der Waals surface area contributed by atoms with Crippen LogP contribution >= 0.6 is 24.4 Å². The molecule has 0 aliphatic carbocycles. The first kappa shape index (κ1) is 45.5. The fourth-order valence-corrected chi connectivity index (χ4v) is 4.91. The molecule has 0 fully saturated rings. The molecule has 0 aliphatic rings. The monoisotopic (exact) mass is 733 g/mol. The summed E-state index contributed by atoms with van der Waals surface area (Å²) in [7, 11) is 0. The highest BCUT2D eigenvalue weighted by atomic mass is 32.2. The lowest BCUT2D eigenvalue weighted by Gasteiger charge is -2.26. The van der Waals surface area contributed by atoms with Gasteiger partial charge in [0.15, 0.2) is 0 Å². The van der Waals surface area contributed by atoms with E-state index in [9.17, 15) is 38.4 Å². The Morgan fingerprint density at radius 2 is 1.22 bits per heavy atom.